The van der Waals surface area contributed by atoms with Crippen LogP contribution in [0.1, 0.15) is 24.2 Å². The first-order chi connectivity index (χ1) is 11.6. The maximum Gasteiger partial charge on any atom is 0.345 e. The molecule has 5 nitrogen and oxygen atoms in total. The Morgan fingerprint density at radius 1 is 1.33 bits per heavy atom. The minimum Gasteiger partial charge on any atom is -0.423 e. The predicted octanol–water partition coefficient (Wildman–Crippen LogP) is 3.66. The van der Waals surface area contributed by atoms with Crippen LogP contribution in [0, 0.1) is 0 Å². The zero-order valence-electron chi connectivity index (χ0n) is 13.4. The van der Waals surface area contributed by atoms with Gasteiger partial charge < -0.3 is 9.64 Å². The Kier molecular flexibility index (Phi) is 4.66. The summed E-state index contributed by atoms with van der Waals surface area (Å²) >= 11 is 1.54. The summed E-state index contributed by atoms with van der Waals surface area (Å²) in [5, 5.41) is 0.885. The molecule has 0 saturated heterocycles. The van der Waals surface area contributed by atoms with Crippen molar-refractivity contribution in [2.45, 2.75) is 18.7 Å². The van der Waals surface area contributed by atoms with Crippen LogP contribution in [0.5, 0.6) is 5.75 Å². The maximum atomic E-state index is 12.1. The highest BCUT2D eigenvalue weighted by Crippen LogP contribution is 2.47. The van der Waals surface area contributed by atoms with E-state index in [-0.39, 0.29) is 5.78 Å². The number of thioether (sulfide) groups is 1. The highest BCUT2D eigenvalue weighted by Gasteiger charge is 2.25. The van der Waals surface area contributed by atoms with Crippen molar-refractivity contribution in [3.63, 3.8) is 0 Å². The van der Waals surface area contributed by atoms with Crippen molar-refractivity contribution in [1.82, 2.24) is 4.98 Å². The molecule has 1 aromatic heterocycles. The number of allylic oxidation sites excluding steroid dienone is 1. The summed E-state index contributed by atoms with van der Waals surface area (Å²) in [6, 6.07) is 8.82. The van der Waals surface area contributed by atoms with Gasteiger partial charge in [0.1, 0.15) is 5.75 Å². The highest BCUT2D eigenvalue weighted by molar-refractivity contribution is 8.03. The molecular formula is C18H16N2O3S. The molecule has 0 radical (unpaired) electrons. The highest BCUT2D eigenvalue weighted by atomic mass is 32.2. The van der Waals surface area contributed by atoms with Crippen molar-refractivity contribution in [1.29, 1.82) is 0 Å². The van der Waals surface area contributed by atoms with Gasteiger partial charge in [0, 0.05) is 36.0 Å². The van der Waals surface area contributed by atoms with Crippen molar-refractivity contribution < 1.29 is 14.3 Å². The molecule has 0 bridgehead atoms. The number of carbonyl (C=O) groups is 2. The quantitative estimate of drug-likeness (QED) is 0.481. The van der Waals surface area contributed by atoms with Gasteiger partial charge in [-0.05, 0) is 38.1 Å². The topological polar surface area (TPSA) is 59.5 Å². The molecule has 0 saturated carbocycles. The summed E-state index contributed by atoms with van der Waals surface area (Å²) in [6.45, 7) is 4.27. The molecule has 0 amide bonds. The molecule has 122 valence electrons. The second-order valence-corrected chi connectivity index (χ2v) is 6.26. The van der Waals surface area contributed by atoms with Gasteiger partial charge in [0.05, 0.1) is 16.3 Å². The summed E-state index contributed by atoms with van der Waals surface area (Å²) in [4.78, 5) is 30.5. The van der Waals surface area contributed by atoms with E-state index < -0.39 is 5.97 Å². The summed E-state index contributed by atoms with van der Waals surface area (Å²) in [5.74, 6) is 0.0222. The average molecular weight is 340 g/mol. The molecule has 0 atom stereocenters. The van der Waals surface area contributed by atoms with E-state index >= 15 is 0 Å². The number of hydrogen-bond acceptors (Lipinski definition) is 6. The van der Waals surface area contributed by atoms with Gasteiger partial charge in [0.25, 0.3) is 0 Å². The molecule has 0 aliphatic carbocycles. The lowest BCUT2D eigenvalue weighted by molar-refractivity contribution is -0.112. The fraction of sp³-hybridized carbons (Fsp3) is 0.167. The molecule has 0 fully saturated rings. The fourth-order valence-corrected chi connectivity index (χ4v) is 3.60. The number of fused-ring (bicyclic) bond motifs is 1. The SMILES string of the molecule is CCN1/C(=C/C(C)=O)Sc2ccc(OC(=O)c3cccnc3)cc21. The first-order valence-corrected chi connectivity index (χ1v) is 8.34. The lowest BCUT2D eigenvalue weighted by Gasteiger charge is -2.18. The van der Waals surface area contributed by atoms with E-state index in [2.05, 4.69) is 4.98 Å². The fourth-order valence-electron chi connectivity index (χ4n) is 2.40. The van der Waals surface area contributed by atoms with Gasteiger partial charge in [-0.25, -0.2) is 4.79 Å². The van der Waals surface area contributed by atoms with Gasteiger partial charge in [-0.3, -0.25) is 9.78 Å². The molecule has 24 heavy (non-hydrogen) atoms. The molecule has 0 spiro atoms. The number of rotatable bonds is 4. The second-order valence-electron chi connectivity index (χ2n) is 5.20. The largest absolute Gasteiger partial charge is 0.423 e. The molecule has 2 aromatic rings. The van der Waals surface area contributed by atoms with Crippen molar-refractivity contribution >= 4 is 29.2 Å². The molecule has 6 heteroatoms. The number of ketones is 1. The Morgan fingerprint density at radius 3 is 2.83 bits per heavy atom. The van der Waals surface area contributed by atoms with E-state index in [0.717, 1.165) is 22.2 Å². The summed E-state index contributed by atoms with van der Waals surface area (Å²) in [6.07, 6.45) is 4.69. The molecule has 0 N–H and O–H groups in total. The van der Waals surface area contributed by atoms with Crippen molar-refractivity contribution in [2.75, 3.05) is 11.4 Å². The van der Waals surface area contributed by atoms with Crippen LogP contribution in [0.25, 0.3) is 0 Å². The summed E-state index contributed by atoms with van der Waals surface area (Å²) < 4.78 is 5.43. The zero-order chi connectivity index (χ0) is 17.1. The summed E-state index contributed by atoms with van der Waals surface area (Å²) in [7, 11) is 0. The standard InChI is InChI=1S/C18H16N2O3S/c1-3-20-15-10-14(23-18(22)13-5-4-8-19-11-13)6-7-16(15)24-17(20)9-12(2)21/h4-11H,3H2,1-2H3/b17-9-. The Balaban J connectivity index is 1.85. The first-order valence-electron chi connectivity index (χ1n) is 7.52. The first kappa shape index (κ1) is 16.3. The van der Waals surface area contributed by atoms with Gasteiger partial charge in [-0.2, -0.15) is 0 Å². The van der Waals surface area contributed by atoms with E-state index in [1.807, 2.05) is 24.0 Å². The number of nitrogens with zero attached hydrogens (tertiary/aromatic N) is 2. The van der Waals surface area contributed by atoms with E-state index in [1.165, 1.54) is 24.9 Å². The van der Waals surface area contributed by atoms with Gasteiger partial charge in [0.2, 0.25) is 0 Å². The van der Waals surface area contributed by atoms with Crippen LogP contribution < -0.4 is 9.64 Å². The lowest BCUT2D eigenvalue weighted by atomic mass is 10.2. The van der Waals surface area contributed by atoms with Crippen molar-refractivity contribution in [2.24, 2.45) is 0 Å². The monoisotopic (exact) mass is 340 g/mol. The predicted molar refractivity (Wildman–Crippen MR) is 93.3 cm³/mol. The Hall–Kier alpha value is -2.60. The number of carbonyl (C=O) groups excluding carboxylic acids is 2. The number of ether oxygens (including phenoxy) is 1. The van der Waals surface area contributed by atoms with Crippen molar-refractivity contribution in [3.05, 3.63) is 59.4 Å². The van der Waals surface area contributed by atoms with Crippen LogP contribution >= 0.6 is 11.8 Å². The molecule has 1 aliphatic rings. The van der Waals surface area contributed by atoms with Crippen LogP contribution in [0.4, 0.5) is 5.69 Å². The lowest BCUT2D eigenvalue weighted by Crippen LogP contribution is -2.17. The van der Waals surface area contributed by atoms with Crippen molar-refractivity contribution in [3.8, 4) is 5.75 Å². The molecule has 2 heterocycles. The number of aromatic nitrogens is 1. The molecule has 1 aromatic carbocycles. The molecular weight excluding hydrogens is 324 g/mol. The normalized spacial score (nSPS) is 14.6. The van der Waals surface area contributed by atoms with Crippen LogP contribution in [0.15, 0.2) is 58.7 Å². The van der Waals surface area contributed by atoms with Crippen LogP contribution in [-0.2, 0) is 4.79 Å². The van der Waals surface area contributed by atoms with E-state index in [1.54, 1.807) is 30.5 Å². The van der Waals surface area contributed by atoms with E-state index in [0.29, 0.717) is 11.3 Å². The van der Waals surface area contributed by atoms with Crippen LogP contribution in [-0.4, -0.2) is 23.3 Å². The third kappa shape index (κ3) is 3.33. The Labute approximate surface area is 144 Å². The third-order valence-electron chi connectivity index (χ3n) is 3.45. The van der Waals surface area contributed by atoms with Gasteiger partial charge >= 0.3 is 5.97 Å². The minimum atomic E-state index is -0.448. The second kappa shape index (κ2) is 6.88. The number of anilines is 1. The van der Waals surface area contributed by atoms with E-state index in [4.69, 9.17) is 4.74 Å². The Bertz CT molecular complexity index is 818. The van der Waals surface area contributed by atoms with E-state index in [9.17, 15) is 9.59 Å². The number of esters is 1. The van der Waals surface area contributed by atoms with Crippen LogP contribution in [0.2, 0.25) is 0 Å². The van der Waals surface area contributed by atoms with Gasteiger partial charge in [-0.15, -0.1) is 0 Å². The smallest absolute Gasteiger partial charge is 0.345 e. The minimum absolute atomic E-state index is 0.00647. The maximum absolute atomic E-state index is 12.1. The molecule has 3 rings (SSSR count). The summed E-state index contributed by atoms with van der Waals surface area (Å²) in [5.41, 5.74) is 1.34. The van der Waals surface area contributed by atoms with Crippen LogP contribution in [0.3, 0.4) is 0 Å². The number of pyridine rings is 1. The number of hydrogen-bond donors (Lipinski definition) is 0. The average Bonchev–Trinajstić information content (AvgIpc) is 2.91. The Morgan fingerprint density at radius 2 is 2.17 bits per heavy atom. The third-order valence-corrected chi connectivity index (χ3v) is 4.57. The number of benzene rings is 1. The zero-order valence-corrected chi connectivity index (χ0v) is 14.2. The molecule has 1 aliphatic heterocycles. The molecule has 0 unspecified atom stereocenters. The van der Waals surface area contributed by atoms with Gasteiger partial charge in [0.15, 0.2) is 5.78 Å². The van der Waals surface area contributed by atoms with Gasteiger partial charge in [-0.1, -0.05) is 11.8 Å².